The molecule has 0 spiro atoms. The minimum absolute atomic E-state index is 0.0362. The van der Waals surface area contributed by atoms with E-state index in [0.29, 0.717) is 42.7 Å². The van der Waals surface area contributed by atoms with E-state index in [9.17, 15) is 31.5 Å². The molecular formula is C27H27F5N10O3. The molecule has 4 aromatic rings. The van der Waals surface area contributed by atoms with Gasteiger partial charge in [-0.15, -0.1) is 23.4 Å². The Hall–Kier alpha value is -5.16. The molecular weight excluding hydrogens is 607 g/mol. The molecule has 0 radical (unpaired) electrons. The van der Waals surface area contributed by atoms with Gasteiger partial charge >= 0.3 is 6.36 Å². The highest BCUT2D eigenvalue weighted by Crippen LogP contribution is 2.31. The van der Waals surface area contributed by atoms with Gasteiger partial charge in [-0.1, -0.05) is 22.6 Å². The van der Waals surface area contributed by atoms with Crippen LogP contribution in [0.4, 0.5) is 27.6 Å². The van der Waals surface area contributed by atoms with E-state index in [0.717, 1.165) is 6.07 Å². The minimum Gasteiger partial charge on any atom is -0.406 e. The highest BCUT2D eigenvalue weighted by atomic mass is 19.4. The maximum atomic E-state index is 13.2. The quantitative estimate of drug-likeness (QED) is 0.168. The molecule has 2 amide bonds. The summed E-state index contributed by atoms with van der Waals surface area (Å²) in [6.07, 6.45) is 2.49. The molecule has 1 fully saturated rings. The zero-order chi connectivity index (χ0) is 32.0. The number of carbonyl (C=O) groups is 2. The average molecular weight is 635 g/mol. The number of nitrogens with one attached hydrogen (secondary N) is 2. The number of carbonyl (C=O) groups excluding carboxylic acids is 2. The summed E-state index contributed by atoms with van der Waals surface area (Å²) in [6, 6.07) is 6.97. The van der Waals surface area contributed by atoms with Crippen molar-refractivity contribution in [3.63, 3.8) is 0 Å². The van der Waals surface area contributed by atoms with E-state index in [2.05, 4.69) is 41.0 Å². The van der Waals surface area contributed by atoms with Crippen LogP contribution in [0.15, 0.2) is 55.1 Å². The summed E-state index contributed by atoms with van der Waals surface area (Å²) in [4.78, 5) is 30.5. The number of hydrogen-bond acceptors (Lipinski definition) is 9. The van der Waals surface area contributed by atoms with Gasteiger partial charge in [0.15, 0.2) is 11.4 Å². The number of rotatable bonds is 13. The van der Waals surface area contributed by atoms with Crippen LogP contribution in [0, 0.1) is 0 Å². The van der Waals surface area contributed by atoms with Crippen molar-refractivity contribution in [3.8, 4) is 5.75 Å². The summed E-state index contributed by atoms with van der Waals surface area (Å²) >= 11 is 0. The van der Waals surface area contributed by atoms with Gasteiger partial charge in [-0.3, -0.25) is 23.9 Å². The number of hydrogen-bond donors (Lipinski definition) is 2. The van der Waals surface area contributed by atoms with Crippen molar-refractivity contribution in [2.75, 3.05) is 18.0 Å². The molecule has 0 unspecified atom stereocenters. The summed E-state index contributed by atoms with van der Waals surface area (Å²) in [5.41, 5.74) is 1.80. The van der Waals surface area contributed by atoms with Crippen molar-refractivity contribution >= 4 is 17.5 Å². The van der Waals surface area contributed by atoms with Gasteiger partial charge in [0.05, 0.1) is 37.4 Å². The molecule has 1 aliphatic rings. The van der Waals surface area contributed by atoms with Crippen LogP contribution in [0.3, 0.4) is 0 Å². The number of benzene rings is 1. The van der Waals surface area contributed by atoms with Crippen molar-refractivity contribution in [3.05, 3.63) is 77.6 Å². The number of unbranched alkanes of at least 4 members (excludes halogenated alkanes) is 1. The third-order valence-electron chi connectivity index (χ3n) is 6.60. The van der Waals surface area contributed by atoms with E-state index in [4.69, 9.17) is 0 Å². The fraction of sp³-hybridized carbons (Fsp3) is 0.370. The first kappa shape index (κ1) is 31.3. The third-order valence-corrected chi connectivity index (χ3v) is 6.60. The predicted octanol–water partition coefficient (Wildman–Crippen LogP) is 2.96. The van der Waals surface area contributed by atoms with Gasteiger partial charge in [-0.25, -0.2) is 8.78 Å². The van der Waals surface area contributed by atoms with Crippen LogP contribution in [-0.4, -0.2) is 72.2 Å². The van der Waals surface area contributed by atoms with Crippen LogP contribution in [0.5, 0.6) is 5.75 Å². The second-order valence-corrected chi connectivity index (χ2v) is 10.3. The van der Waals surface area contributed by atoms with E-state index in [1.165, 1.54) is 45.0 Å². The smallest absolute Gasteiger partial charge is 0.406 e. The maximum Gasteiger partial charge on any atom is 0.573 e. The number of amides is 2. The standard InChI is InChI=1S/C27H27F5N10O3/c28-26(29)16-40(17-26)20-8-19(10-33-13-20)12-35-25(44)23-15-42(39-37-23)7-2-1-6-41-14-22(36-38-41)24(43)34-11-18-4-3-5-21(9-18)45-27(30,31)32/h3-5,8-10,13-15H,1-2,6-7,11-12,16-17H2,(H,34,43)(H,35,44). The highest BCUT2D eigenvalue weighted by Gasteiger charge is 2.44. The predicted molar refractivity (Wildman–Crippen MR) is 146 cm³/mol. The molecule has 1 aliphatic heterocycles. The molecule has 13 nitrogen and oxygen atoms in total. The monoisotopic (exact) mass is 634 g/mol. The Morgan fingerprint density at radius 1 is 0.867 bits per heavy atom. The van der Waals surface area contributed by atoms with Crippen molar-refractivity contribution in [1.29, 1.82) is 0 Å². The lowest BCUT2D eigenvalue weighted by Crippen LogP contribution is -2.56. The number of aromatic nitrogens is 7. The number of nitrogens with zero attached hydrogens (tertiary/aromatic N) is 8. The van der Waals surface area contributed by atoms with Gasteiger partial charge in [0, 0.05) is 32.4 Å². The Morgan fingerprint density at radius 3 is 2.04 bits per heavy atom. The molecule has 18 heteroatoms. The molecule has 0 atom stereocenters. The normalized spacial score (nSPS) is 14.1. The first-order valence-corrected chi connectivity index (χ1v) is 13.7. The van der Waals surface area contributed by atoms with E-state index in [1.54, 1.807) is 18.3 Å². The van der Waals surface area contributed by atoms with Gasteiger partial charge in [-0.2, -0.15) is 0 Å². The third kappa shape index (κ3) is 8.93. The lowest BCUT2D eigenvalue weighted by molar-refractivity contribution is -0.274. The SMILES string of the molecule is O=C(NCc1cccc(OC(F)(F)F)c1)c1cn(CCCCn2cc(C(=O)NCc3cncc(N4CC(F)(F)C4)c3)nn2)nn1. The van der Waals surface area contributed by atoms with Gasteiger partial charge in [0.25, 0.3) is 17.7 Å². The second-order valence-electron chi connectivity index (χ2n) is 10.3. The Bertz CT molecular complexity index is 1630. The zero-order valence-electron chi connectivity index (χ0n) is 23.5. The molecule has 0 saturated carbocycles. The Morgan fingerprint density at radius 2 is 1.47 bits per heavy atom. The fourth-order valence-electron chi connectivity index (χ4n) is 4.41. The van der Waals surface area contributed by atoms with E-state index >= 15 is 0 Å². The molecule has 3 aromatic heterocycles. The van der Waals surface area contributed by atoms with E-state index < -0.39 is 24.1 Å². The van der Waals surface area contributed by atoms with Crippen LogP contribution in [0.2, 0.25) is 0 Å². The molecule has 0 aliphatic carbocycles. The van der Waals surface area contributed by atoms with Crippen LogP contribution in [-0.2, 0) is 26.2 Å². The number of aryl methyl sites for hydroxylation is 2. The maximum absolute atomic E-state index is 13.2. The van der Waals surface area contributed by atoms with Gasteiger partial charge < -0.3 is 20.3 Å². The second kappa shape index (κ2) is 13.2. The van der Waals surface area contributed by atoms with Gasteiger partial charge in [0.2, 0.25) is 0 Å². The van der Waals surface area contributed by atoms with E-state index in [-0.39, 0.29) is 43.3 Å². The molecule has 2 N–H and O–H groups in total. The highest BCUT2D eigenvalue weighted by molar-refractivity contribution is 5.92. The van der Waals surface area contributed by atoms with Crippen LogP contribution in [0.25, 0.3) is 0 Å². The first-order valence-electron chi connectivity index (χ1n) is 13.7. The van der Waals surface area contributed by atoms with Crippen molar-refractivity contribution in [1.82, 2.24) is 45.6 Å². The number of anilines is 1. The molecule has 5 rings (SSSR count). The lowest BCUT2D eigenvalue weighted by atomic mass is 10.1. The zero-order valence-corrected chi connectivity index (χ0v) is 23.5. The Labute approximate surface area is 252 Å². The Balaban J connectivity index is 1.01. The molecule has 0 bridgehead atoms. The number of ether oxygens (including phenoxy) is 1. The molecule has 238 valence electrons. The van der Waals surface area contributed by atoms with E-state index in [1.807, 2.05) is 0 Å². The molecule has 45 heavy (non-hydrogen) atoms. The summed E-state index contributed by atoms with van der Waals surface area (Å²) in [6.45, 7) is 0.286. The summed E-state index contributed by atoms with van der Waals surface area (Å²) in [7, 11) is 0. The van der Waals surface area contributed by atoms with Crippen molar-refractivity contribution < 1.29 is 36.3 Å². The first-order chi connectivity index (χ1) is 21.4. The number of alkyl halides is 5. The fourth-order valence-corrected chi connectivity index (χ4v) is 4.41. The average Bonchev–Trinajstić information content (AvgIpc) is 3.65. The molecule has 1 aromatic carbocycles. The van der Waals surface area contributed by atoms with Crippen molar-refractivity contribution in [2.45, 2.75) is 51.3 Å². The molecule has 4 heterocycles. The van der Waals surface area contributed by atoms with Crippen LogP contribution >= 0.6 is 0 Å². The van der Waals surface area contributed by atoms with Crippen LogP contribution in [0.1, 0.15) is 44.9 Å². The minimum atomic E-state index is -4.81. The summed E-state index contributed by atoms with van der Waals surface area (Å²) in [5, 5.41) is 20.9. The molecule has 1 saturated heterocycles. The van der Waals surface area contributed by atoms with Crippen molar-refractivity contribution in [2.24, 2.45) is 0 Å². The van der Waals surface area contributed by atoms with Crippen LogP contribution < -0.4 is 20.3 Å². The largest absolute Gasteiger partial charge is 0.573 e. The van der Waals surface area contributed by atoms with Gasteiger partial charge in [0.1, 0.15) is 5.75 Å². The number of pyridine rings is 1. The number of halogens is 5. The summed E-state index contributed by atoms with van der Waals surface area (Å²) in [5.74, 6) is -4.07. The topological polar surface area (TPSA) is 145 Å². The van der Waals surface area contributed by atoms with Gasteiger partial charge in [-0.05, 0) is 42.2 Å². The summed E-state index contributed by atoms with van der Waals surface area (Å²) < 4.78 is 70.5. The Kier molecular flexibility index (Phi) is 9.19. The lowest BCUT2D eigenvalue weighted by Gasteiger charge is -2.40.